The van der Waals surface area contributed by atoms with E-state index in [2.05, 4.69) is 46.4 Å². The molecule has 90 valence electrons. The molecule has 1 N–H and O–H groups in total. The van der Waals surface area contributed by atoms with E-state index in [9.17, 15) is 0 Å². The van der Waals surface area contributed by atoms with Crippen molar-refractivity contribution < 1.29 is 0 Å². The molecule has 0 unspecified atom stereocenters. The van der Waals surface area contributed by atoms with Gasteiger partial charge in [0.2, 0.25) is 0 Å². The fourth-order valence-corrected chi connectivity index (χ4v) is 1.27. The van der Waals surface area contributed by atoms with Crippen LogP contribution in [0.5, 0.6) is 0 Å². The van der Waals surface area contributed by atoms with Crippen molar-refractivity contribution in [3.8, 4) is 5.69 Å². The Hall–Kier alpha value is -1.82. The van der Waals surface area contributed by atoms with Crippen LogP contribution in [0.3, 0.4) is 0 Å². The molecule has 2 aromatic heterocycles. The maximum Gasteiger partial charge on any atom is 0.115 e. The molecule has 0 aliphatic heterocycles. The van der Waals surface area contributed by atoms with Crippen LogP contribution in [-0.2, 0) is 6.54 Å². The number of aromatic nitrogens is 5. The lowest BCUT2D eigenvalue weighted by Crippen LogP contribution is -2.35. The molecule has 0 spiro atoms. The standard InChI is InChI=1S/C11H16N6/c1-11(2,3)14-4-9-7-17(16-15-9)10-5-12-8-13-6-10/h5-8,14H,4H2,1-3H3. The number of rotatable bonds is 3. The Balaban J connectivity index is 2.07. The Bertz CT molecular complexity index is 470. The van der Waals surface area contributed by atoms with E-state index in [1.54, 1.807) is 17.1 Å². The van der Waals surface area contributed by atoms with E-state index in [1.807, 2.05) is 6.20 Å². The van der Waals surface area contributed by atoms with Gasteiger partial charge >= 0.3 is 0 Å². The minimum absolute atomic E-state index is 0.0691. The zero-order chi connectivity index (χ0) is 12.3. The van der Waals surface area contributed by atoms with E-state index in [0.717, 1.165) is 11.4 Å². The molecule has 2 heterocycles. The molecule has 6 nitrogen and oxygen atoms in total. The highest BCUT2D eigenvalue weighted by atomic mass is 15.4. The largest absolute Gasteiger partial charge is 0.306 e. The van der Waals surface area contributed by atoms with Gasteiger partial charge in [0.1, 0.15) is 12.0 Å². The summed E-state index contributed by atoms with van der Waals surface area (Å²) in [5.74, 6) is 0. The second-order valence-corrected chi connectivity index (χ2v) is 4.85. The minimum Gasteiger partial charge on any atom is -0.306 e. The van der Waals surface area contributed by atoms with Crippen LogP contribution in [0.4, 0.5) is 0 Å². The molecule has 0 bridgehead atoms. The summed E-state index contributed by atoms with van der Waals surface area (Å²) in [6, 6.07) is 0. The molecule has 2 aromatic rings. The first-order chi connectivity index (χ1) is 8.04. The average molecular weight is 232 g/mol. The van der Waals surface area contributed by atoms with E-state index in [0.29, 0.717) is 6.54 Å². The third-order valence-electron chi connectivity index (χ3n) is 2.15. The number of nitrogens with zero attached hydrogens (tertiary/aromatic N) is 5. The Morgan fingerprint density at radius 3 is 2.59 bits per heavy atom. The second-order valence-electron chi connectivity index (χ2n) is 4.85. The third-order valence-corrected chi connectivity index (χ3v) is 2.15. The zero-order valence-corrected chi connectivity index (χ0v) is 10.3. The highest BCUT2D eigenvalue weighted by molar-refractivity contribution is 5.22. The van der Waals surface area contributed by atoms with Gasteiger partial charge in [-0.1, -0.05) is 5.21 Å². The van der Waals surface area contributed by atoms with E-state index in [1.165, 1.54) is 6.33 Å². The quantitative estimate of drug-likeness (QED) is 0.853. The summed E-state index contributed by atoms with van der Waals surface area (Å²) in [6.07, 6.45) is 6.76. The first kappa shape index (κ1) is 11.7. The van der Waals surface area contributed by atoms with Gasteiger partial charge in [-0.2, -0.15) is 0 Å². The summed E-state index contributed by atoms with van der Waals surface area (Å²) in [6.45, 7) is 7.03. The minimum atomic E-state index is 0.0691. The van der Waals surface area contributed by atoms with Gasteiger partial charge in [-0.3, -0.25) is 0 Å². The molecule has 6 heteroatoms. The fourth-order valence-electron chi connectivity index (χ4n) is 1.27. The Kier molecular flexibility index (Phi) is 3.14. The second kappa shape index (κ2) is 4.58. The molecule has 0 saturated carbocycles. The molecule has 0 atom stereocenters. The lowest BCUT2D eigenvalue weighted by molar-refractivity contribution is 0.421. The Labute approximate surface area is 100 Å². The Morgan fingerprint density at radius 2 is 1.94 bits per heavy atom. The average Bonchev–Trinajstić information content (AvgIpc) is 2.75. The highest BCUT2D eigenvalue weighted by Crippen LogP contribution is 2.05. The summed E-state index contributed by atoms with van der Waals surface area (Å²) in [5.41, 5.74) is 1.77. The molecule has 0 amide bonds. The van der Waals surface area contributed by atoms with Crippen LogP contribution < -0.4 is 5.32 Å². The fraction of sp³-hybridized carbons (Fsp3) is 0.455. The Morgan fingerprint density at radius 1 is 1.24 bits per heavy atom. The molecule has 0 aromatic carbocycles. The SMILES string of the molecule is CC(C)(C)NCc1cn(-c2cncnc2)nn1. The topological polar surface area (TPSA) is 68.5 Å². The number of hydrogen-bond donors (Lipinski definition) is 1. The van der Waals surface area contributed by atoms with Crippen LogP contribution in [0.15, 0.2) is 24.9 Å². The van der Waals surface area contributed by atoms with Crippen molar-refractivity contribution in [1.29, 1.82) is 0 Å². The molecule has 0 saturated heterocycles. The van der Waals surface area contributed by atoms with Gasteiger partial charge in [0.15, 0.2) is 0 Å². The molecular formula is C11H16N6. The maximum absolute atomic E-state index is 4.09. The summed E-state index contributed by atoms with van der Waals surface area (Å²) < 4.78 is 1.67. The van der Waals surface area contributed by atoms with Gasteiger partial charge in [-0.05, 0) is 20.8 Å². The molecule has 0 aliphatic carbocycles. The number of nitrogens with one attached hydrogen (secondary N) is 1. The van der Waals surface area contributed by atoms with Crippen LogP contribution in [0, 0.1) is 0 Å². The first-order valence-corrected chi connectivity index (χ1v) is 5.46. The van der Waals surface area contributed by atoms with E-state index >= 15 is 0 Å². The van der Waals surface area contributed by atoms with Crippen LogP contribution in [0.2, 0.25) is 0 Å². The van der Waals surface area contributed by atoms with E-state index in [4.69, 9.17) is 0 Å². The summed E-state index contributed by atoms with van der Waals surface area (Å²) in [7, 11) is 0. The van der Waals surface area contributed by atoms with Crippen molar-refractivity contribution in [2.75, 3.05) is 0 Å². The first-order valence-electron chi connectivity index (χ1n) is 5.46. The van der Waals surface area contributed by atoms with Gasteiger partial charge < -0.3 is 5.32 Å². The predicted octanol–water partition coefficient (Wildman–Crippen LogP) is 0.945. The van der Waals surface area contributed by atoms with Crippen molar-refractivity contribution in [1.82, 2.24) is 30.3 Å². The van der Waals surface area contributed by atoms with Gasteiger partial charge in [-0.15, -0.1) is 5.10 Å². The lowest BCUT2D eigenvalue weighted by Gasteiger charge is -2.19. The number of hydrogen-bond acceptors (Lipinski definition) is 5. The normalized spacial score (nSPS) is 11.7. The van der Waals surface area contributed by atoms with E-state index in [-0.39, 0.29) is 5.54 Å². The summed E-state index contributed by atoms with van der Waals surface area (Å²) >= 11 is 0. The van der Waals surface area contributed by atoms with Gasteiger partial charge in [0.25, 0.3) is 0 Å². The van der Waals surface area contributed by atoms with Crippen LogP contribution in [-0.4, -0.2) is 30.5 Å². The monoisotopic (exact) mass is 232 g/mol. The zero-order valence-electron chi connectivity index (χ0n) is 10.3. The van der Waals surface area contributed by atoms with Crippen LogP contribution >= 0.6 is 0 Å². The van der Waals surface area contributed by atoms with Crippen molar-refractivity contribution in [2.45, 2.75) is 32.9 Å². The van der Waals surface area contributed by atoms with Crippen molar-refractivity contribution in [3.63, 3.8) is 0 Å². The van der Waals surface area contributed by atoms with E-state index < -0.39 is 0 Å². The summed E-state index contributed by atoms with van der Waals surface area (Å²) in [4.78, 5) is 7.88. The van der Waals surface area contributed by atoms with Gasteiger partial charge in [0.05, 0.1) is 24.3 Å². The van der Waals surface area contributed by atoms with Gasteiger partial charge in [-0.25, -0.2) is 14.6 Å². The third kappa shape index (κ3) is 3.32. The maximum atomic E-state index is 4.09. The van der Waals surface area contributed by atoms with Crippen LogP contribution in [0.25, 0.3) is 5.69 Å². The molecule has 2 rings (SSSR count). The van der Waals surface area contributed by atoms with Crippen molar-refractivity contribution in [2.24, 2.45) is 0 Å². The van der Waals surface area contributed by atoms with Crippen molar-refractivity contribution in [3.05, 3.63) is 30.6 Å². The lowest BCUT2D eigenvalue weighted by atomic mass is 10.1. The smallest absolute Gasteiger partial charge is 0.115 e. The molecule has 17 heavy (non-hydrogen) atoms. The highest BCUT2D eigenvalue weighted by Gasteiger charge is 2.10. The predicted molar refractivity (Wildman–Crippen MR) is 63.5 cm³/mol. The molecule has 0 radical (unpaired) electrons. The molecule has 0 fully saturated rings. The molecular weight excluding hydrogens is 216 g/mol. The van der Waals surface area contributed by atoms with Crippen molar-refractivity contribution >= 4 is 0 Å². The molecule has 0 aliphatic rings. The van der Waals surface area contributed by atoms with Gasteiger partial charge in [0, 0.05) is 12.1 Å². The summed E-state index contributed by atoms with van der Waals surface area (Å²) in [5, 5.41) is 11.5. The van der Waals surface area contributed by atoms with Crippen LogP contribution in [0.1, 0.15) is 26.5 Å².